The quantitative estimate of drug-likeness (QED) is 0.912. The second-order valence-electron chi connectivity index (χ2n) is 4.04. The van der Waals surface area contributed by atoms with E-state index in [4.69, 9.17) is 21.4 Å². The normalized spacial score (nSPS) is 10.4. The van der Waals surface area contributed by atoms with E-state index in [0.717, 1.165) is 11.3 Å². The highest BCUT2D eigenvalue weighted by molar-refractivity contribution is 6.30. The summed E-state index contributed by atoms with van der Waals surface area (Å²) in [6.07, 6.45) is 1.35. The Morgan fingerprint density at radius 1 is 1.53 bits per heavy atom. The molecule has 0 atom stereocenters. The van der Waals surface area contributed by atoms with Crippen molar-refractivity contribution in [3.05, 3.63) is 46.7 Å². The maximum absolute atomic E-state index is 10.7. The minimum atomic E-state index is -0.928. The second-order valence-corrected chi connectivity index (χ2v) is 4.40. The maximum Gasteiger partial charge on any atom is 0.307 e. The molecule has 1 N–H and O–H groups in total. The fourth-order valence-electron chi connectivity index (χ4n) is 1.74. The number of carbonyl (C=O) groups is 1. The zero-order chi connectivity index (χ0) is 13.8. The molecule has 0 aliphatic rings. The molecular formula is C13H13ClN2O3. The number of hydrogen-bond donors (Lipinski definition) is 1. The van der Waals surface area contributed by atoms with Gasteiger partial charge in [0.25, 0.3) is 0 Å². The molecular weight excluding hydrogens is 268 g/mol. The molecule has 0 saturated carbocycles. The summed E-state index contributed by atoms with van der Waals surface area (Å²) in [5, 5.41) is 13.2. The molecule has 6 heteroatoms. The van der Waals surface area contributed by atoms with Crippen molar-refractivity contribution >= 4 is 17.6 Å². The van der Waals surface area contributed by atoms with E-state index in [1.54, 1.807) is 11.8 Å². The number of rotatable bonds is 5. The summed E-state index contributed by atoms with van der Waals surface area (Å²) in [5.41, 5.74) is 1.49. The third kappa shape index (κ3) is 3.26. The molecule has 1 aromatic carbocycles. The van der Waals surface area contributed by atoms with Crippen LogP contribution in [0.3, 0.4) is 0 Å². The highest BCUT2D eigenvalue weighted by Gasteiger charge is 2.12. The Morgan fingerprint density at radius 2 is 2.32 bits per heavy atom. The largest absolute Gasteiger partial charge is 0.497 e. The number of aliphatic carboxylic acids is 1. The Labute approximate surface area is 115 Å². The van der Waals surface area contributed by atoms with Gasteiger partial charge >= 0.3 is 5.97 Å². The van der Waals surface area contributed by atoms with Crippen LogP contribution in [0.15, 0.2) is 30.5 Å². The van der Waals surface area contributed by atoms with Crippen molar-refractivity contribution in [2.24, 2.45) is 0 Å². The van der Waals surface area contributed by atoms with Gasteiger partial charge in [-0.1, -0.05) is 23.7 Å². The van der Waals surface area contributed by atoms with Crippen molar-refractivity contribution in [2.75, 3.05) is 7.11 Å². The van der Waals surface area contributed by atoms with Gasteiger partial charge in [-0.05, 0) is 17.7 Å². The smallest absolute Gasteiger partial charge is 0.307 e. The van der Waals surface area contributed by atoms with Crippen molar-refractivity contribution in [3.8, 4) is 5.75 Å². The first-order chi connectivity index (χ1) is 9.10. The molecule has 1 heterocycles. The number of nitrogens with zero attached hydrogens (tertiary/aromatic N) is 2. The Morgan fingerprint density at radius 3 is 3.00 bits per heavy atom. The van der Waals surface area contributed by atoms with Crippen LogP contribution >= 0.6 is 11.6 Å². The van der Waals surface area contributed by atoms with Gasteiger partial charge < -0.3 is 9.84 Å². The van der Waals surface area contributed by atoms with E-state index in [1.165, 1.54) is 6.20 Å². The predicted molar refractivity (Wildman–Crippen MR) is 70.7 cm³/mol. The van der Waals surface area contributed by atoms with Crippen LogP contribution in [0.4, 0.5) is 0 Å². The highest BCUT2D eigenvalue weighted by atomic mass is 35.5. The Balaban J connectivity index is 2.19. The minimum absolute atomic E-state index is 0.128. The molecule has 0 bridgehead atoms. The molecule has 0 unspecified atom stereocenters. The zero-order valence-corrected chi connectivity index (χ0v) is 11.1. The lowest BCUT2D eigenvalue weighted by atomic mass is 10.2. The predicted octanol–water partition coefficient (Wildman–Crippen LogP) is 2.22. The Kier molecular flexibility index (Phi) is 4.06. The van der Waals surface area contributed by atoms with Gasteiger partial charge in [-0.15, -0.1) is 0 Å². The van der Waals surface area contributed by atoms with Crippen LogP contribution in [0.1, 0.15) is 11.1 Å². The summed E-state index contributed by atoms with van der Waals surface area (Å²) >= 11 is 6.10. The fraction of sp³-hybridized carbons (Fsp3) is 0.231. The minimum Gasteiger partial charge on any atom is -0.497 e. The standard InChI is InChI=1S/C13H13ClN2O3/c1-19-11-4-2-3-9(5-11)8-16-13(14)10(7-15-16)6-12(17)18/h2-5,7H,6,8H2,1H3,(H,17,18). The molecule has 0 aliphatic heterocycles. The summed E-state index contributed by atoms with van der Waals surface area (Å²) in [4.78, 5) is 10.7. The molecule has 0 aliphatic carbocycles. The maximum atomic E-state index is 10.7. The van der Waals surface area contributed by atoms with Crippen LogP contribution in [0.25, 0.3) is 0 Å². The average Bonchev–Trinajstić information content (AvgIpc) is 2.71. The highest BCUT2D eigenvalue weighted by Crippen LogP contribution is 2.19. The molecule has 2 rings (SSSR count). The number of aromatic nitrogens is 2. The van der Waals surface area contributed by atoms with Gasteiger partial charge in [0.05, 0.1) is 26.3 Å². The van der Waals surface area contributed by atoms with E-state index in [2.05, 4.69) is 5.10 Å². The monoisotopic (exact) mass is 280 g/mol. The van der Waals surface area contributed by atoms with Crippen molar-refractivity contribution in [1.82, 2.24) is 9.78 Å². The van der Waals surface area contributed by atoms with E-state index in [1.807, 2.05) is 24.3 Å². The van der Waals surface area contributed by atoms with Crippen molar-refractivity contribution in [3.63, 3.8) is 0 Å². The molecule has 2 aromatic rings. The fourth-order valence-corrected chi connectivity index (χ4v) is 1.96. The van der Waals surface area contributed by atoms with E-state index in [-0.39, 0.29) is 6.42 Å². The van der Waals surface area contributed by atoms with Crippen LogP contribution in [-0.4, -0.2) is 28.0 Å². The van der Waals surface area contributed by atoms with E-state index in [0.29, 0.717) is 17.3 Å². The van der Waals surface area contributed by atoms with Crippen LogP contribution in [0.5, 0.6) is 5.75 Å². The summed E-state index contributed by atoms with van der Waals surface area (Å²) in [5.74, 6) is -0.172. The number of ether oxygens (including phenoxy) is 1. The molecule has 1 aromatic heterocycles. The van der Waals surface area contributed by atoms with Crippen LogP contribution in [0, 0.1) is 0 Å². The number of benzene rings is 1. The first-order valence-corrected chi connectivity index (χ1v) is 6.03. The Hall–Kier alpha value is -2.01. The van der Waals surface area contributed by atoms with E-state index < -0.39 is 5.97 Å². The van der Waals surface area contributed by atoms with Gasteiger partial charge in [0.2, 0.25) is 0 Å². The van der Waals surface area contributed by atoms with Crippen molar-refractivity contribution in [1.29, 1.82) is 0 Å². The van der Waals surface area contributed by atoms with Crippen molar-refractivity contribution < 1.29 is 14.6 Å². The van der Waals surface area contributed by atoms with Gasteiger partial charge in [-0.3, -0.25) is 4.79 Å². The van der Waals surface area contributed by atoms with Crippen LogP contribution in [-0.2, 0) is 17.8 Å². The zero-order valence-electron chi connectivity index (χ0n) is 10.3. The van der Waals surface area contributed by atoms with Crippen LogP contribution in [0.2, 0.25) is 5.15 Å². The number of hydrogen-bond acceptors (Lipinski definition) is 3. The lowest BCUT2D eigenvalue weighted by molar-refractivity contribution is -0.136. The van der Waals surface area contributed by atoms with Crippen LogP contribution < -0.4 is 4.74 Å². The van der Waals surface area contributed by atoms with Gasteiger partial charge in [0.15, 0.2) is 0 Å². The average molecular weight is 281 g/mol. The third-order valence-electron chi connectivity index (χ3n) is 2.65. The number of carboxylic acid groups (broad SMARTS) is 1. The first kappa shape index (κ1) is 13.4. The molecule has 0 amide bonds. The summed E-state index contributed by atoms with van der Waals surface area (Å²) < 4.78 is 6.70. The van der Waals surface area contributed by atoms with Gasteiger partial charge in [0, 0.05) is 5.56 Å². The second kappa shape index (κ2) is 5.75. The lowest BCUT2D eigenvalue weighted by Gasteiger charge is -2.06. The van der Waals surface area contributed by atoms with Gasteiger partial charge in [0.1, 0.15) is 10.9 Å². The number of halogens is 1. The molecule has 5 nitrogen and oxygen atoms in total. The topological polar surface area (TPSA) is 64.4 Å². The van der Waals surface area contributed by atoms with E-state index >= 15 is 0 Å². The molecule has 19 heavy (non-hydrogen) atoms. The summed E-state index contributed by atoms with van der Waals surface area (Å²) in [6, 6.07) is 7.54. The van der Waals surface area contributed by atoms with E-state index in [9.17, 15) is 4.79 Å². The molecule has 0 spiro atoms. The lowest BCUT2D eigenvalue weighted by Crippen LogP contribution is -2.03. The molecule has 100 valence electrons. The SMILES string of the molecule is COc1cccc(Cn2ncc(CC(=O)O)c2Cl)c1. The molecule has 0 fully saturated rings. The first-order valence-electron chi connectivity index (χ1n) is 5.65. The third-order valence-corrected chi connectivity index (χ3v) is 3.09. The molecule has 0 radical (unpaired) electrons. The Bertz CT molecular complexity index is 595. The van der Waals surface area contributed by atoms with Crippen molar-refractivity contribution in [2.45, 2.75) is 13.0 Å². The summed E-state index contributed by atoms with van der Waals surface area (Å²) in [6.45, 7) is 0.468. The van der Waals surface area contributed by atoms with Gasteiger partial charge in [-0.2, -0.15) is 5.10 Å². The van der Waals surface area contributed by atoms with Gasteiger partial charge in [-0.25, -0.2) is 4.68 Å². The summed E-state index contributed by atoms with van der Waals surface area (Å²) in [7, 11) is 1.60. The number of carboxylic acids is 1. The molecule has 0 saturated heterocycles. The number of methoxy groups -OCH3 is 1.